The summed E-state index contributed by atoms with van der Waals surface area (Å²) in [6.07, 6.45) is 8.59. The number of carbonyl (C=O) groups excluding carboxylic acids is 1. The van der Waals surface area contributed by atoms with Crippen molar-refractivity contribution in [3.05, 3.63) is 36.9 Å². The van der Waals surface area contributed by atoms with Crippen molar-refractivity contribution < 1.29 is 13.6 Å². The Balaban J connectivity index is 0.000000626. The van der Waals surface area contributed by atoms with Crippen molar-refractivity contribution in [2.24, 2.45) is 18.9 Å². The van der Waals surface area contributed by atoms with E-state index in [0.29, 0.717) is 11.2 Å². The van der Waals surface area contributed by atoms with Crippen LogP contribution in [0.4, 0.5) is 14.5 Å². The van der Waals surface area contributed by atoms with Crippen LogP contribution in [0.3, 0.4) is 0 Å². The number of rotatable bonds is 3. The molecule has 1 saturated carbocycles. The third-order valence-electron chi connectivity index (χ3n) is 4.99. The molecular formula is C20H20F2N6O. The molecule has 1 saturated heterocycles. The SMILES string of the molecule is C1CC1.Cn1cc(-c2cc3c(N4CC(C(F)F)C(C#N)C4=O)ccnn3c2)cn1. The average molecular weight is 398 g/mol. The second-order valence-corrected chi connectivity index (χ2v) is 7.29. The molecule has 2 unspecified atom stereocenters. The summed E-state index contributed by atoms with van der Waals surface area (Å²) in [4.78, 5) is 13.8. The Hall–Kier alpha value is -3.28. The van der Waals surface area contributed by atoms with E-state index in [2.05, 4.69) is 10.2 Å². The molecule has 9 heteroatoms. The van der Waals surface area contributed by atoms with Gasteiger partial charge in [0.05, 0.1) is 29.4 Å². The predicted molar refractivity (Wildman–Crippen MR) is 102 cm³/mol. The lowest BCUT2D eigenvalue weighted by Crippen LogP contribution is -2.27. The number of halogens is 2. The van der Waals surface area contributed by atoms with E-state index in [0.717, 1.165) is 11.1 Å². The summed E-state index contributed by atoms with van der Waals surface area (Å²) in [6, 6.07) is 5.14. The largest absolute Gasteiger partial charge is 0.309 e. The Morgan fingerprint density at radius 1 is 1.21 bits per heavy atom. The molecule has 2 atom stereocenters. The Bertz CT molecular complexity index is 1080. The van der Waals surface area contributed by atoms with Crippen molar-refractivity contribution in [1.82, 2.24) is 19.4 Å². The topological polar surface area (TPSA) is 79.2 Å². The minimum Gasteiger partial charge on any atom is -0.309 e. The Labute approximate surface area is 166 Å². The first kappa shape index (κ1) is 19.1. The van der Waals surface area contributed by atoms with Gasteiger partial charge in [-0.2, -0.15) is 15.5 Å². The third kappa shape index (κ3) is 3.70. The maximum Gasteiger partial charge on any atom is 0.244 e. The van der Waals surface area contributed by atoms with Crippen LogP contribution >= 0.6 is 0 Å². The monoisotopic (exact) mass is 398 g/mol. The molecule has 1 aliphatic heterocycles. The lowest BCUT2D eigenvalue weighted by atomic mass is 9.98. The summed E-state index contributed by atoms with van der Waals surface area (Å²) >= 11 is 0. The number of alkyl halides is 2. The van der Waals surface area contributed by atoms with Crippen LogP contribution in [0, 0.1) is 23.2 Å². The number of anilines is 1. The second kappa shape index (κ2) is 7.62. The fourth-order valence-corrected chi connectivity index (χ4v) is 3.31. The highest BCUT2D eigenvalue weighted by atomic mass is 19.3. The van der Waals surface area contributed by atoms with Gasteiger partial charge in [-0.15, -0.1) is 0 Å². The molecule has 0 N–H and O–H groups in total. The summed E-state index contributed by atoms with van der Waals surface area (Å²) in [5, 5.41) is 17.5. The average Bonchev–Trinajstić information content (AvgIpc) is 3.31. The van der Waals surface area contributed by atoms with Gasteiger partial charge in [-0.05, 0) is 12.1 Å². The third-order valence-corrected chi connectivity index (χ3v) is 4.99. The molecule has 0 radical (unpaired) electrons. The van der Waals surface area contributed by atoms with E-state index in [1.165, 1.54) is 30.4 Å². The van der Waals surface area contributed by atoms with Crippen molar-refractivity contribution in [2.45, 2.75) is 25.7 Å². The number of nitrogens with zero attached hydrogens (tertiary/aromatic N) is 6. The Morgan fingerprint density at radius 3 is 2.52 bits per heavy atom. The number of aryl methyl sites for hydroxylation is 1. The van der Waals surface area contributed by atoms with Gasteiger partial charge in [0, 0.05) is 43.3 Å². The zero-order valence-corrected chi connectivity index (χ0v) is 15.9. The van der Waals surface area contributed by atoms with Gasteiger partial charge in [-0.3, -0.25) is 9.48 Å². The van der Waals surface area contributed by atoms with E-state index < -0.39 is 24.2 Å². The molecule has 3 aromatic rings. The van der Waals surface area contributed by atoms with Gasteiger partial charge in [0.1, 0.15) is 5.92 Å². The number of amides is 1. The van der Waals surface area contributed by atoms with Crippen LogP contribution in [0.25, 0.3) is 16.6 Å². The molecule has 29 heavy (non-hydrogen) atoms. The normalized spacial score (nSPS) is 20.7. The van der Waals surface area contributed by atoms with Crippen LogP contribution in [0.5, 0.6) is 0 Å². The number of fused-ring (bicyclic) bond motifs is 1. The second-order valence-electron chi connectivity index (χ2n) is 7.29. The number of hydrogen-bond acceptors (Lipinski definition) is 4. The molecule has 2 fully saturated rings. The highest BCUT2D eigenvalue weighted by Gasteiger charge is 2.46. The number of nitriles is 1. The molecule has 0 aromatic carbocycles. The van der Waals surface area contributed by atoms with E-state index in [1.54, 1.807) is 40.8 Å². The minimum absolute atomic E-state index is 0.193. The van der Waals surface area contributed by atoms with E-state index >= 15 is 0 Å². The van der Waals surface area contributed by atoms with Crippen molar-refractivity contribution in [1.29, 1.82) is 5.26 Å². The maximum absolute atomic E-state index is 13.2. The zero-order chi connectivity index (χ0) is 20.5. The van der Waals surface area contributed by atoms with Gasteiger partial charge >= 0.3 is 0 Å². The summed E-state index contributed by atoms with van der Waals surface area (Å²) in [6.45, 7) is -0.193. The first-order chi connectivity index (χ1) is 14.0. The van der Waals surface area contributed by atoms with Crippen molar-refractivity contribution >= 4 is 17.1 Å². The molecule has 1 aliphatic carbocycles. The zero-order valence-electron chi connectivity index (χ0n) is 15.9. The molecule has 0 bridgehead atoms. The standard InChI is InChI=1S/C17H14F2N6O.C3H6/c1-23-7-11(6-22-23)10-4-15-14(2-3-21-25(15)8-10)24-9-13(16(18)19)12(5-20)17(24)26;1-2-3-1/h2-4,6-8,12-13,16H,9H2,1H3;1-3H2. The predicted octanol–water partition coefficient (Wildman–Crippen LogP) is 3.27. The molecule has 2 aliphatic rings. The quantitative estimate of drug-likeness (QED) is 0.678. The van der Waals surface area contributed by atoms with Gasteiger partial charge in [0.25, 0.3) is 0 Å². The fourth-order valence-electron chi connectivity index (χ4n) is 3.31. The molecular weight excluding hydrogens is 378 g/mol. The van der Waals surface area contributed by atoms with E-state index in [-0.39, 0.29) is 6.54 Å². The maximum atomic E-state index is 13.2. The van der Waals surface area contributed by atoms with Gasteiger partial charge in [0.2, 0.25) is 12.3 Å². The summed E-state index contributed by atoms with van der Waals surface area (Å²) < 4.78 is 29.7. The van der Waals surface area contributed by atoms with Crippen LogP contribution in [0.1, 0.15) is 19.3 Å². The Morgan fingerprint density at radius 2 is 1.97 bits per heavy atom. The molecule has 4 heterocycles. The van der Waals surface area contributed by atoms with Crippen LogP contribution in [0.2, 0.25) is 0 Å². The lowest BCUT2D eigenvalue weighted by Gasteiger charge is -2.17. The molecule has 0 spiro atoms. The van der Waals surface area contributed by atoms with Gasteiger partial charge in [-0.1, -0.05) is 19.3 Å². The number of hydrogen-bond donors (Lipinski definition) is 0. The summed E-state index contributed by atoms with van der Waals surface area (Å²) in [5.41, 5.74) is 2.78. The van der Waals surface area contributed by atoms with Crippen LogP contribution in [-0.2, 0) is 11.8 Å². The lowest BCUT2D eigenvalue weighted by molar-refractivity contribution is -0.120. The first-order valence-corrected chi connectivity index (χ1v) is 9.45. The van der Waals surface area contributed by atoms with Crippen LogP contribution in [0.15, 0.2) is 36.9 Å². The van der Waals surface area contributed by atoms with Gasteiger partial charge in [-0.25, -0.2) is 13.3 Å². The highest BCUT2D eigenvalue weighted by molar-refractivity contribution is 6.02. The van der Waals surface area contributed by atoms with Crippen molar-refractivity contribution in [3.8, 4) is 17.2 Å². The molecule has 1 amide bonds. The smallest absolute Gasteiger partial charge is 0.244 e. The van der Waals surface area contributed by atoms with Crippen LogP contribution in [-0.4, -0.2) is 38.3 Å². The number of aromatic nitrogens is 4. The van der Waals surface area contributed by atoms with Gasteiger partial charge < -0.3 is 4.90 Å². The number of carbonyl (C=O) groups is 1. The van der Waals surface area contributed by atoms with Gasteiger partial charge in [0.15, 0.2) is 0 Å². The summed E-state index contributed by atoms with van der Waals surface area (Å²) in [5.74, 6) is -3.24. The summed E-state index contributed by atoms with van der Waals surface area (Å²) in [7, 11) is 1.80. The fraction of sp³-hybridized carbons (Fsp3) is 0.400. The van der Waals surface area contributed by atoms with Crippen molar-refractivity contribution in [3.63, 3.8) is 0 Å². The van der Waals surface area contributed by atoms with E-state index in [1.807, 2.05) is 12.3 Å². The van der Waals surface area contributed by atoms with E-state index in [9.17, 15) is 13.6 Å². The molecule has 5 rings (SSSR count). The van der Waals surface area contributed by atoms with Crippen molar-refractivity contribution in [2.75, 3.05) is 11.4 Å². The molecule has 7 nitrogen and oxygen atoms in total. The van der Waals surface area contributed by atoms with Crippen LogP contribution < -0.4 is 4.90 Å². The highest BCUT2D eigenvalue weighted by Crippen LogP contribution is 2.36. The molecule has 3 aromatic heterocycles. The minimum atomic E-state index is -2.73. The Kier molecular flexibility index (Phi) is 5.01. The first-order valence-electron chi connectivity index (χ1n) is 9.45. The molecule has 150 valence electrons. The van der Waals surface area contributed by atoms with E-state index in [4.69, 9.17) is 5.26 Å².